The van der Waals surface area contributed by atoms with Crippen LogP contribution in [-0.2, 0) is 6.18 Å². The third kappa shape index (κ3) is 3.76. The molecule has 12 heteroatoms. The number of carbonyl (C=O) groups excluding carboxylic acids is 2. The predicted octanol–water partition coefficient (Wildman–Crippen LogP) is 4.33. The average molecular weight is 454 g/mol. The molecule has 4 rings (SSSR count). The summed E-state index contributed by atoms with van der Waals surface area (Å²) in [5, 5.41) is 9.78. The third-order valence-electron chi connectivity index (χ3n) is 4.79. The first-order valence-corrected chi connectivity index (χ1v) is 9.45. The van der Waals surface area contributed by atoms with E-state index < -0.39 is 28.6 Å². The van der Waals surface area contributed by atoms with Crippen LogP contribution in [0.3, 0.4) is 0 Å². The van der Waals surface area contributed by atoms with Crippen LogP contribution in [0.15, 0.2) is 35.0 Å². The van der Waals surface area contributed by atoms with Gasteiger partial charge in [0, 0.05) is 18.3 Å². The molecule has 1 N–H and O–H groups in total. The fraction of sp³-hybridized carbons (Fsp3) is 0.263. The summed E-state index contributed by atoms with van der Waals surface area (Å²) in [6, 6.07) is 4.24. The summed E-state index contributed by atoms with van der Waals surface area (Å²) in [5.74, 6) is -1.12. The zero-order valence-corrected chi connectivity index (χ0v) is 17.0. The molecular formula is C19H15ClF3N5O3. The van der Waals surface area contributed by atoms with Crippen LogP contribution in [0.2, 0.25) is 5.02 Å². The first-order chi connectivity index (χ1) is 14.6. The molecule has 1 aromatic carbocycles. The molecule has 0 saturated carbocycles. The molecule has 3 aromatic rings. The Bertz CT molecular complexity index is 1190. The summed E-state index contributed by atoms with van der Waals surface area (Å²) < 4.78 is 45.4. The van der Waals surface area contributed by atoms with Gasteiger partial charge in [-0.3, -0.25) is 19.6 Å². The maximum absolute atomic E-state index is 13.2. The Morgan fingerprint density at radius 3 is 2.68 bits per heavy atom. The van der Waals surface area contributed by atoms with E-state index in [2.05, 4.69) is 15.6 Å². The van der Waals surface area contributed by atoms with Crippen LogP contribution in [0, 0.1) is 6.92 Å². The van der Waals surface area contributed by atoms with Crippen molar-refractivity contribution in [3.8, 4) is 0 Å². The van der Waals surface area contributed by atoms with E-state index in [1.807, 2.05) is 0 Å². The number of aromatic nitrogens is 3. The Morgan fingerprint density at radius 1 is 1.32 bits per heavy atom. The van der Waals surface area contributed by atoms with Crippen LogP contribution in [0.4, 0.5) is 24.7 Å². The maximum atomic E-state index is 13.2. The molecule has 31 heavy (non-hydrogen) atoms. The van der Waals surface area contributed by atoms with Gasteiger partial charge in [-0.1, -0.05) is 16.8 Å². The molecule has 0 unspecified atom stereocenters. The van der Waals surface area contributed by atoms with Crippen LogP contribution in [0.1, 0.15) is 45.1 Å². The Kier molecular flexibility index (Phi) is 5.00. The van der Waals surface area contributed by atoms with Gasteiger partial charge in [0.2, 0.25) is 5.88 Å². The Morgan fingerprint density at radius 2 is 2.06 bits per heavy atom. The zero-order chi connectivity index (χ0) is 22.5. The van der Waals surface area contributed by atoms with Crippen molar-refractivity contribution in [2.24, 2.45) is 0 Å². The summed E-state index contributed by atoms with van der Waals surface area (Å²) >= 11 is 5.81. The molecule has 2 aromatic heterocycles. The Labute approximate surface area is 178 Å². The number of alkyl halides is 3. The van der Waals surface area contributed by atoms with E-state index >= 15 is 0 Å². The van der Waals surface area contributed by atoms with Crippen molar-refractivity contribution in [3.05, 3.63) is 58.0 Å². The SMILES string of the molecule is Cc1cc(NC(=O)c2cnn3c2C(=O)N(c2ccc(C(F)(F)F)c(Cl)c2)C[C@@H]3C)on1. The number of nitrogens with zero attached hydrogens (tertiary/aromatic N) is 4. The highest BCUT2D eigenvalue weighted by atomic mass is 35.5. The van der Waals surface area contributed by atoms with Gasteiger partial charge >= 0.3 is 6.18 Å². The van der Waals surface area contributed by atoms with E-state index in [1.54, 1.807) is 13.8 Å². The van der Waals surface area contributed by atoms with E-state index in [-0.39, 0.29) is 35.4 Å². The fourth-order valence-electron chi connectivity index (χ4n) is 3.35. The molecule has 0 fully saturated rings. The number of benzene rings is 1. The standard InChI is InChI=1S/C19H15ClF3N5O3/c1-9-5-15(31-26-9)25-17(29)12-7-24-28-10(2)8-27(18(30)16(12)28)11-3-4-13(14(20)6-11)19(21,22)23/h3-7,10H,8H2,1-2H3,(H,25,29)/t10-/m0/s1. The average Bonchev–Trinajstić information content (AvgIpc) is 3.30. The highest BCUT2D eigenvalue weighted by molar-refractivity contribution is 6.32. The molecular weight excluding hydrogens is 439 g/mol. The topological polar surface area (TPSA) is 93.3 Å². The van der Waals surface area contributed by atoms with Crippen LogP contribution in [-0.4, -0.2) is 33.3 Å². The predicted molar refractivity (Wildman–Crippen MR) is 104 cm³/mol. The first kappa shape index (κ1) is 20.9. The van der Waals surface area contributed by atoms with E-state index in [0.717, 1.165) is 12.1 Å². The lowest BCUT2D eigenvalue weighted by Crippen LogP contribution is -2.43. The minimum Gasteiger partial charge on any atom is -0.338 e. The summed E-state index contributed by atoms with van der Waals surface area (Å²) in [7, 11) is 0. The smallest absolute Gasteiger partial charge is 0.338 e. The molecule has 162 valence electrons. The maximum Gasteiger partial charge on any atom is 0.417 e. The van der Waals surface area contributed by atoms with Gasteiger partial charge in [-0.05, 0) is 32.0 Å². The van der Waals surface area contributed by atoms with Gasteiger partial charge in [0.05, 0.1) is 34.1 Å². The van der Waals surface area contributed by atoms with Crippen molar-refractivity contribution in [3.63, 3.8) is 0 Å². The van der Waals surface area contributed by atoms with Gasteiger partial charge in [-0.25, -0.2) is 0 Å². The van der Waals surface area contributed by atoms with Crippen LogP contribution in [0.25, 0.3) is 0 Å². The number of carbonyl (C=O) groups is 2. The number of aryl methyl sites for hydroxylation is 1. The molecule has 3 heterocycles. The lowest BCUT2D eigenvalue weighted by molar-refractivity contribution is -0.137. The molecule has 0 spiro atoms. The van der Waals surface area contributed by atoms with Crippen LogP contribution >= 0.6 is 11.6 Å². The molecule has 1 aliphatic heterocycles. The van der Waals surface area contributed by atoms with E-state index in [4.69, 9.17) is 16.1 Å². The number of nitrogens with one attached hydrogen (secondary N) is 1. The highest BCUT2D eigenvalue weighted by Crippen LogP contribution is 2.37. The normalized spacial score (nSPS) is 16.4. The van der Waals surface area contributed by atoms with E-state index in [1.165, 1.54) is 27.9 Å². The number of amides is 2. The van der Waals surface area contributed by atoms with Gasteiger partial charge in [-0.2, -0.15) is 18.3 Å². The van der Waals surface area contributed by atoms with Crippen LogP contribution < -0.4 is 10.2 Å². The molecule has 0 bridgehead atoms. The number of rotatable bonds is 3. The molecule has 8 nitrogen and oxygen atoms in total. The second-order valence-electron chi connectivity index (χ2n) is 7.06. The third-order valence-corrected chi connectivity index (χ3v) is 5.10. The van der Waals surface area contributed by atoms with Crippen molar-refractivity contribution in [2.45, 2.75) is 26.1 Å². The number of anilines is 2. The first-order valence-electron chi connectivity index (χ1n) is 9.07. The molecule has 2 amide bonds. The summed E-state index contributed by atoms with van der Waals surface area (Å²) in [4.78, 5) is 27.1. The number of fused-ring (bicyclic) bond motifs is 1. The lowest BCUT2D eigenvalue weighted by Gasteiger charge is -2.32. The molecule has 1 aliphatic rings. The summed E-state index contributed by atoms with van der Waals surface area (Å²) in [6.45, 7) is 3.58. The number of hydrogen-bond donors (Lipinski definition) is 1. The Hall–Kier alpha value is -3.34. The quantitative estimate of drug-likeness (QED) is 0.637. The lowest BCUT2D eigenvalue weighted by atomic mass is 10.1. The summed E-state index contributed by atoms with van der Waals surface area (Å²) in [5.41, 5.74) is -0.262. The van der Waals surface area contributed by atoms with Crippen molar-refractivity contribution < 1.29 is 27.3 Å². The van der Waals surface area contributed by atoms with Gasteiger partial charge in [0.1, 0.15) is 5.69 Å². The monoisotopic (exact) mass is 453 g/mol. The van der Waals surface area contributed by atoms with Gasteiger partial charge in [-0.15, -0.1) is 0 Å². The van der Waals surface area contributed by atoms with Gasteiger partial charge < -0.3 is 9.42 Å². The molecule has 1 atom stereocenters. The Balaban J connectivity index is 1.67. The fourth-order valence-corrected chi connectivity index (χ4v) is 3.64. The highest BCUT2D eigenvalue weighted by Gasteiger charge is 2.37. The van der Waals surface area contributed by atoms with Crippen molar-refractivity contribution >= 4 is 35.0 Å². The molecule has 0 aliphatic carbocycles. The van der Waals surface area contributed by atoms with Crippen LogP contribution in [0.5, 0.6) is 0 Å². The van der Waals surface area contributed by atoms with Gasteiger partial charge in [0.25, 0.3) is 11.8 Å². The van der Waals surface area contributed by atoms with Gasteiger partial charge in [0.15, 0.2) is 0 Å². The van der Waals surface area contributed by atoms with Crippen molar-refractivity contribution in [1.29, 1.82) is 0 Å². The number of hydrogen-bond acceptors (Lipinski definition) is 5. The zero-order valence-electron chi connectivity index (χ0n) is 16.2. The largest absolute Gasteiger partial charge is 0.417 e. The minimum atomic E-state index is -4.61. The number of halogens is 4. The molecule has 0 radical (unpaired) electrons. The minimum absolute atomic E-state index is 0.00325. The summed E-state index contributed by atoms with van der Waals surface area (Å²) in [6.07, 6.45) is -3.36. The van der Waals surface area contributed by atoms with E-state index in [0.29, 0.717) is 5.69 Å². The van der Waals surface area contributed by atoms with Crippen molar-refractivity contribution in [1.82, 2.24) is 14.9 Å². The van der Waals surface area contributed by atoms with E-state index in [9.17, 15) is 22.8 Å². The second kappa shape index (κ2) is 7.41. The molecule has 0 saturated heterocycles. The van der Waals surface area contributed by atoms with Crippen molar-refractivity contribution in [2.75, 3.05) is 16.8 Å². The second-order valence-corrected chi connectivity index (χ2v) is 7.47.